The molecule has 2 aromatic rings. The van der Waals surface area contributed by atoms with Crippen molar-refractivity contribution in [2.24, 2.45) is 0 Å². The summed E-state index contributed by atoms with van der Waals surface area (Å²) in [6, 6.07) is 16.5. The van der Waals surface area contributed by atoms with Gasteiger partial charge in [0.05, 0.1) is 20.3 Å². The Morgan fingerprint density at radius 3 is 2.11 bits per heavy atom. The molecular weight excluding hydrogens is 383 g/mol. The molecule has 2 rings (SSSR count). The first kappa shape index (κ1) is 21.7. The van der Waals surface area contributed by atoms with E-state index >= 15 is 0 Å². The van der Waals surface area contributed by atoms with Crippen LogP contribution in [0.5, 0.6) is 5.75 Å². The summed E-state index contributed by atoms with van der Waals surface area (Å²) >= 11 is 1.09. The first-order valence-electron chi connectivity index (χ1n) is 8.81. The Kier molecular flexibility index (Phi) is 8.58. The lowest BCUT2D eigenvalue weighted by molar-refractivity contribution is 0.0982. The summed E-state index contributed by atoms with van der Waals surface area (Å²) in [4.78, 5) is 12.8. The van der Waals surface area contributed by atoms with Crippen molar-refractivity contribution in [2.45, 2.75) is 25.5 Å². The van der Waals surface area contributed by atoms with Gasteiger partial charge in [0, 0.05) is 17.2 Å². The second-order valence-electron chi connectivity index (χ2n) is 5.64. The van der Waals surface area contributed by atoms with E-state index in [2.05, 4.69) is 0 Å². The molecule has 0 unspecified atom stereocenters. The molecule has 2 aromatic carbocycles. The standard InChI is InChI=1S/C20H25O5PS/c1-4-24-26(22,25-5-2)27-20(17-9-7-6-8-10-17)15-19(21)16-11-13-18(23-3)14-12-16/h6-14,20H,4-5,15H2,1-3H3/t20-/m1/s1. The first-order valence-corrected chi connectivity index (χ1v) is 11.8. The highest BCUT2D eigenvalue weighted by molar-refractivity contribution is 8.55. The van der Waals surface area contributed by atoms with Crippen molar-refractivity contribution in [3.63, 3.8) is 0 Å². The third-order valence-electron chi connectivity index (χ3n) is 3.78. The lowest BCUT2D eigenvalue weighted by Gasteiger charge is -2.22. The van der Waals surface area contributed by atoms with Gasteiger partial charge in [0.15, 0.2) is 5.78 Å². The highest BCUT2D eigenvalue weighted by atomic mass is 32.7. The van der Waals surface area contributed by atoms with Crippen molar-refractivity contribution in [1.82, 2.24) is 0 Å². The van der Waals surface area contributed by atoms with Gasteiger partial charge >= 0.3 is 6.80 Å². The number of carbonyl (C=O) groups excluding carboxylic acids is 1. The molecule has 0 bridgehead atoms. The van der Waals surface area contributed by atoms with Crippen LogP contribution in [0.1, 0.15) is 41.4 Å². The minimum Gasteiger partial charge on any atom is -0.497 e. The van der Waals surface area contributed by atoms with E-state index in [9.17, 15) is 9.36 Å². The minimum atomic E-state index is -3.36. The number of hydrogen-bond donors (Lipinski definition) is 0. The molecular formula is C20H25O5PS. The average molecular weight is 408 g/mol. The Morgan fingerprint density at radius 1 is 1.00 bits per heavy atom. The summed E-state index contributed by atoms with van der Waals surface area (Å²) in [5.74, 6) is 0.649. The van der Waals surface area contributed by atoms with E-state index in [0.29, 0.717) is 11.3 Å². The summed E-state index contributed by atoms with van der Waals surface area (Å²) in [6.07, 6.45) is 0.186. The zero-order valence-electron chi connectivity index (χ0n) is 15.8. The van der Waals surface area contributed by atoms with Gasteiger partial charge in [-0.1, -0.05) is 30.3 Å². The fraction of sp³-hybridized carbons (Fsp3) is 0.350. The molecule has 0 N–H and O–H groups in total. The number of benzene rings is 2. The van der Waals surface area contributed by atoms with Crippen LogP contribution in [-0.2, 0) is 13.6 Å². The number of ether oxygens (including phenoxy) is 1. The van der Waals surface area contributed by atoms with Crippen LogP contribution in [0, 0.1) is 0 Å². The average Bonchev–Trinajstić information content (AvgIpc) is 2.68. The van der Waals surface area contributed by atoms with Gasteiger partial charge in [0.2, 0.25) is 0 Å². The van der Waals surface area contributed by atoms with Crippen LogP contribution in [0.3, 0.4) is 0 Å². The summed E-state index contributed by atoms with van der Waals surface area (Å²) in [7, 11) is 1.58. The Morgan fingerprint density at radius 2 is 1.59 bits per heavy atom. The van der Waals surface area contributed by atoms with E-state index in [1.165, 1.54) is 0 Å². The van der Waals surface area contributed by atoms with E-state index in [1.54, 1.807) is 45.2 Å². The van der Waals surface area contributed by atoms with E-state index in [0.717, 1.165) is 16.9 Å². The third kappa shape index (κ3) is 6.51. The van der Waals surface area contributed by atoms with Gasteiger partial charge < -0.3 is 13.8 Å². The monoisotopic (exact) mass is 408 g/mol. The van der Waals surface area contributed by atoms with Gasteiger partial charge in [-0.15, -0.1) is 0 Å². The Hall–Kier alpha value is -1.59. The molecule has 0 fully saturated rings. The number of Topliss-reactive ketones (excluding diaryl/α,β-unsaturated/α-hetero) is 1. The molecule has 146 valence electrons. The molecule has 0 radical (unpaired) electrons. The smallest absolute Gasteiger partial charge is 0.389 e. The predicted octanol–water partition coefficient (Wildman–Crippen LogP) is 5.92. The van der Waals surface area contributed by atoms with E-state index in [4.69, 9.17) is 13.8 Å². The van der Waals surface area contributed by atoms with Gasteiger partial charge in [-0.05, 0) is 55.1 Å². The zero-order chi connectivity index (χ0) is 19.7. The quantitative estimate of drug-likeness (QED) is 0.340. The van der Waals surface area contributed by atoms with Crippen molar-refractivity contribution in [3.8, 4) is 5.75 Å². The second-order valence-corrected chi connectivity index (χ2v) is 9.81. The molecule has 0 spiro atoms. The van der Waals surface area contributed by atoms with Crippen molar-refractivity contribution >= 4 is 24.0 Å². The molecule has 0 aliphatic heterocycles. The van der Waals surface area contributed by atoms with Crippen molar-refractivity contribution in [2.75, 3.05) is 20.3 Å². The lowest BCUT2D eigenvalue weighted by atomic mass is 10.0. The SMILES string of the molecule is CCOP(=O)(OCC)S[C@H](CC(=O)c1ccc(OC)cc1)c1ccccc1. The summed E-state index contributed by atoms with van der Waals surface area (Å²) in [5.41, 5.74) is 1.49. The number of carbonyl (C=O) groups is 1. The maximum absolute atomic E-state index is 13.0. The van der Waals surface area contributed by atoms with E-state index < -0.39 is 6.80 Å². The van der Waals surface area contributed by atoms with Crippen LogP contribution in [0.2, 0.25) is 0 Å². The molecule has 27 heavy (non-hydrogen) atoms. The van der Waals surface area contributed by atoms with Crippen LogP contribution in [-0.4, -0.2) is 26.1 Å². The van der Waals surface area contributed by atoms with Crippen LogP contribution < -0.4 is 4.74 Å². The maximum Gasteiger partial charge on any atom is 0.389 e. The highest BCUT2D eigenvalue weighted by Crippen LogP contribution is 2.66. The van der Waals surface area contributed by atoms with Crippen LogP contribution >= 0.6 is 18.2 Å². The number of rotatable bonds is 11. The molecule has 0 saturated carbocycles. The molecule has 0 amide bonds. The number of methoxy groups -OCH3 is 1. The normalized spacial score (nSPS) is 12.6. The number of ketones is 1. The van der Waals surface area contributed by atoms with Gasteiger partial charge in [-0.25, -0.2) is 4.57 Å². The Balaban J connectivity index is 2.24. The Labute approximate surface area is 164 Å². The maximum atomic E-state index is 13.0. The van der Waals surface area contributed by atoms with Gasteiger partial charge in [-0.2, -0.15) is 0 Å². The van der Waals surface area contributed by atoms with Crippen molar-refractivity contribution in [3.05, 3.63) is 65.7 Å². The molecule has 1 atom stereocenters. The molecule has 7 heteroatoms. The topological polar surface area (TPSA) is 61.8 Å². The molecule has 0 heterocycles. The van der Waals surface area contributed by atoms with Gasteiger partial charge in [0.25, 0.3) is 0 Å². The molecule has 0 aromatic heterocycles. The lowest BCUT2D eigenvalue weighted by Crippen LogP contribution is -2.06. The summed E-state index contributed by atoms with van der Waals surface area (Å²) in [5, 5.41) is -0.343. The van der Waals surface area contributed by atoms with E-state index in [1.807, 2.05) is 30.3 Å². The summed E-state index contributed by atoms with van der Waals surface area (Å²) < 4.78 is 28.9. The minimum absolute atomic E-state index is 0.0430. The fourth-order valence-electron chi connectivity index (χ4n) is 2.52. The Bertz CT molecular complexity index is 754. The molecule has 0 aliphatic carbocycles. The van der Waals surface area contributed by atoms with Gasteiger partial charge in [-0.3, -0.25) is 4.79 Å². The fourth-order valence-corrected chi connectivity index (χ4v) is 6.68. The van der Waals surface area contributed by atoms with Gasteiger partial charge in [0.1, 0.15) is 5.75 Å². The van der Waals surface area contributed by atoms with E-state index in [-0.39, 0.29) is 30.7 Å². The molecule has 0 saturated heterocycles. The van der Waals surface area contributed by atoms with Crippen LogP contribution in [0.15, 0.2) is 54.6 Å². The van der Waals surface area contributed by atoms with Crippen molar-refractivity contribution < 1.29 is 23.1 Å². The second kappa shape index (κ2) is 10.7. The summed E-state index contributed by atoms with van der Waals surface area (Å²) in [6.45, 7) is 0.735. The molecule has 0 aliphatic rings. The molecule has 5 nitrogen and oxygen atoms in total. The first-order chi connectivity index (χ1) is 13.0. The van der Waals surface area contributed by atoms with Crippen LogP contribution in [0.4, 0.5) is 0 Å². The predicted molar refractivity (Wildman–Crippen MR) is 110 cm³/mol. The largest absolute Gasteiger partial charge is 0.497 e. The third-order valence-corrected chi connectivity index (χ3v) is 8.06. The zero-order valence-corrected chi connectivity index (χ0v) is 17.5. The number of hydrogen-bond acceptors (Lipinski definition) is 6. The highest BCUT2D eigenvalue weighted by Gasteiger charge is 2.32. The van der Waals surface area contributed by atoms with Crippen molar-refractivity contribution in [1.29, 1.82) is 0 Å². The van der Waals surface area contributed by atoms with Crippen LogP contribution in [0.25, 0.3) is 0 Å².